The van der Waals surface area contributed by atoms with Gasteiger partial charge in [0.25, 0.3) is 0 Å². The molecule has 1 aromatic heterocycles. The fraction of sp³-hybridized carbons (Fsp3) is 0.750. The van der Waals surface area contributed by atoms with Crippen molar-refractivity contribution in [3.05, 3.63) is 17.5 Å². The number of carbonyl (C=O) groups is 1. The number of hydrogen-bond donors (Lipinski definition) is 1. The van der Waals surface area contributed by atoms with Gasteiger partial charge in [-0.25, -0.2) is 0 Å². The van der Waals surface area contributed by atoms with Crippen LogP contribution >= 0.6 is 0 Å². The summed E-state index contributed by atoms with van der Waals surface area (Å²) in [5, 5.41) is 14.5. The maximum atomic E-state index is 12.3. The van der Waals surface area contributed by atoms with Crippen LogP contribution in [0.2, 0.25) is 0 Å². The van der Waals surface area contributed by atoms with Crippen LogP contribution in [0.5, 0.6) is 0 Å². The highest BCUT2D eigenvalue weighted by atomic mass is 16.3. The Labute approximate surface area is 131 Å². The molecule has 0 radical (unpaired) electrons. The van der Waals surface area contributed by atoms with Crippen LogP contribution in [-0.2, 0) is 18.4 Å². The molecule has 3 rings (SSSR count). The minimum atomic E-state index is -0.403. The third-order valence-electron chi connectivity index (χ3n) is 5.02. The zero-order chi connectivity index (χ0) is 15.7. The molecule has 2 saturated heterocycles. The summed E-state index contributed by atoms with van der Waals surface area (Å²) in [6, 6.07) is 0. The summed E-state index contributed by atoms with van der Waals surface area (Å²) in [6.07, 6.45) is 4.17. The lowest BCUT2D eigenvalue weighted by Crippen LogP contribution is -2.32. The number of aromatic nitrogens is 2. The average Bonchev–Trinajstić information content (AvgIpc) is 3.18. The van der Waals surface area contributed by atoms with E-state index in [1.165, 1.54) is 11.3 Å². The molecule has 0 aliphatic carbocycles. The van der Waals surface area contributed by atoms with Crippen LogP contribution in [0.15, 0.2) is 6.20 Å². The lowest BCUT2D eigenvalue weighted by molar-refractivity contribution is -0.131. The van der Waals surface area contributed by atoms with E-state index in [4.69, 9.17) is 0 Å². The molecule has 2 aliphatic rings. The molecule has 2 fully saturated rings. The summed E-state index contributed by atoms with van der Waals surface area (Å²) >= 11 is 0. The van der Waals surface area contributed by atoms with Crippen molar-refractivity contribution in [2.45, 2.75) is 38.8 Å². The van der Waals surface area contributed by atoms with Crippen LogP contribution in [0.3, 0.4) is 0 Å². The molecule has 1 N–H and O–H groups in total. The number of rotatable bonds is 4. The van der Waals surface area contributed by atoms with Crippen molar-refractivity contribution in [3.8, 4) is 0 Å². The van der Waals surface area contributed by atoms with E-state index in [2.05, 4.69) is 16.9 Å². The molecule has 6 nitrogen and oxygen atoms in total. The van der Waals surface area contributed by atoms with Crippen LogP contribution in [0.1, 0.15) is 30.5 Å². The highest BCUT2D eigenvalue weighted by Crippen LogP contribution is 2.24. The van der Waals surface area contributed by atoms with Gasteiger partial charge in [0.2, 0.25) is 5.91 Å². The molecule has 22 heavy (non-hydrogen) atoms. The van der Waals surface area contributed by atoms with E-state index < -0.39 is 6.10 Å². The van der Waals surface area contributed by atoms with Gasteiger partial charge in [0.1, 0.15) is 0 Å². The van der Waals surface area contributed by atoms with Crippen LogP contribution in [0, 0.1) is 12.8 Å². The predicted molar refractivity (Wildman–Crippen MR) is 83.1 cm³/mol. The first-order valence-electron chi connectivity index (χ1n) is 8.20. The van der Waals surface area contributed by atoms with Crippen molar-refractivity contribution < 1.29 is 9.90 Å². The summed E-state index contributed by atoms with van der Waals surface area (Å²) in [4.78, 5) is 16.4. The fourth-order valence-electron chi connectivity index (χ4n) is 3.60. The molecule has 1 amide bonds. The van der Waals surface area contributed by atoms with E-state index in [0.717, 1.165) is 39.0 Å². The molecular weight excluding hydrogens is 280 g/mol. The van der Waals surface area contributed by atoms with E-state index in [1.54, 1.807) is 0 Å². The van der Waals surface area contributed by atoms with Crippen molar-refractivity contribution in [2.24, 2.45) is 13.0 Å². The molecule has 0 bridgehead atoms. The zero-order valence-corrected chi connectivity index (χ0v) is 13.5. The van der Waals surface area contributed by atoms with E-state index in [1.807, 2.05) is 22.8 Å². The Morgan fingerprint density at radius 2 is 2.09 bits per heavy atom. The SMILES string of the molecule is Cc1cnn(C)c1CN1C[C@H](CC(=O)N2CCCC2)[C@@H](O)C1. The fourth-order valence-corrected chi connectivity index (χ4v) is 3.60. The van der Waals surface area contributed by atoms with Gasteiger partial charge in [-0.3, -0.25) is 14.4 Å². The maximum Gasteiger partial charge on any atom is 0.222 e. The van der Waals surface area contributed by atoms with Gasteiger partial charge in [0.05, 0.1) is 18.0 Å². The Morgan fingerprint density at radius 1 is 1.36 bits per heavy atom. The van der Waals surface area contributed by atoms with Crippen LogP contribution < -0.4 is 0 Å². The molecule has 0 unspecified atom stereocenters. The van der Waals surface area contributed by atoms with Crippen molar-refractivity contribution in [3.63, 3.8) is 0 Å². The van der Waals surface area contributed by atoms with Crippen molar-refractivity contribution in [1.82, 2.24) is 19.6 Å². The van der Waals surface area contributed by atoms with Gasteiger partial charge in [-0.15, -0.1) is 0 Å². The summed E-state index contributed by atoms with van der Waals surface area (Å²) in [6.45, 7) is 6.05. The molecule has 1 aromatic rings. The van der Waals surface area contributed by atoms with Crippen LogP contribution in [0.4, 0.5) is 0 Å². The van der Waals surface area contributed by atoms with E-state index in [-0.39, 0.29) is 11.8 Å². The van der Waals surface area contributed by atoms with Crippen molar-refractivity contribution >= 4 is 5.91 Å². The Kier molecular flexibility index (Phi) is 4.49. The third kappa shape index (κ3) is 3.17. The number of hydrogen-bond acceptors (Lipinski definition) is 4. The molecular formula is C16H26N4O2. The van der Waals surface area contributed by atoms with Crippen molar-refractivity contribution in [1.29, 1.82) is 0 Å². The van der Waals surface area contributed by atoms with Crippen LogP contribution in [0.25, 0.3) is 0 Å². The zero-order valence-electron chi connectivity index (χ0n) is 13.5. The number of aliphatic hydroxyl groups is 1. The average molecular weight is 306 g/mol. The number of nitrogens with zero attached hydrogens (tertiary/aromatic N) is 4. The van der Waals surface area contributed by atoms with Gasteiger partial charge in [0.15, 0.2) is 0 Å². The Hall–Kier alpha value is -1.40. The van der Waals surface area contributed by atoms with Gasteiger partial charge < -0.3 is 10.0 Å². The largest absolute Gasteiger partial charge is 0.391 e. The summed E-state index contributed by atoms with van der Waals surface area (Å²) < 4.78 is 1.89. The maximum absolute atomic E-state index is 12.3. The van der Waals surface area contributed by atoms with Gasteiger partial charge in [-0.1, -0.05) is 0 Å². The number of carbonyl (C=O) groups excluding carboxylic acids is 1. The number of aliphatic hydroxyl groups excluding tert-OH is 1. The third-order valence-corrected chi connectivity index (χ3v) is 5.02. The highest BCUT2D eigenvalue weighted by molar-refractivity contribution is 5.76. The highest BCUT2D eigenvalue weighted by Gasteiger charge is 2.34. The second-order valence-electron chi connectivity index (χ2n) is 6.71. The molecule has 6 heteroatoms. The van der Waals surface area contributed by atoms with Crippen molar-refractivity contribution in [2.75, 3.05) is 26.2 Å². The summed E-state index contributed by atoms with van der Waals surface area (Å²) in [7, 11) is 1.95. The standard InChI is InChI=1S/C16H26N4O2/c1-12-8-17-18(2)14(12)10-19-9-13(15(21)11-19)7-16(22)20-5-3-4-6-20/h8,13,15,21H,3-7,9-11H2,1-2H3/t13-,15-/m0/s1. The second kappa shape index (κ2) is 6.38. The molecule has 122 valence electrons. The Bertz CT molecular complexity index is 517. The van der Waals surface area contributed by atoms with Gasteiger partial charge >= 0.3 is 0 Å². The summed E-state index contributed by atoms with van der Waals surface area (Å²) in [5.74, 6) is 0.266. The lowest BCUT2D eigenvalue weighted by atomic mass is 10.0. The van der Waals surface area contributed by atoms with Crippen LogP contribution in [-0.4, -0.2) is 62.9 Å². The molecule has 0 spiro atoms. The topological polar surface area (TPSA) is 61.6 Å². The minimum Gasteiger partial charge on any atom is -0.391 e. The van der Waals surface area contributed by atoms with Gasteiger partial charge in [-0.2, -0.15) is 5.10 Å². The minimum absolute atomic E-state index is 0.0571. The summed E-state index contributed by atoms with van der Waals surface area (Å²) in [5.41, 5.74) is 2.35. The molecule has 0 saturated carbocycles. The monoisotopic (exact) mass is 306 g/mol. The predicted octanol–water partition coefficient (Wildman–Crippen LogP) is 0.534. The first-order chi connectivity index (χ1) is 10.5. The number of likely N-dealkylation sites (tertiary alicyclic amines) is 2. The van der Waals surface area contributed by atoms with E-state index in [0.29, 0.717) is 13.0 Å². The van der Waals surface area contributed by atoms with Gasteiger partial charge in [0, 0.05) is 52.1 Å². The number of β-amino-alcohol motifs (C(OH)–C–C–N with tert-alkyl or cyclic N) is 1. The Morgan fingerprint density at radius 3 is 2.73 bits per heavy atom. The van der Waals surface area contributed by atoms with E-state index >= 15 is 0 Å². The number of aryl methyl sites for hydroxylation is 2. The molecule has 2 atom stereocenters. The smallest absolute Gasteiger partial charge is 0.222 e. The second-order valence-corrected chi connectivity index (χ2v) is 6.71. The van der Waals surface area contributed by atoms with Gasteiger partial charge in [-0.05, 0) is 25.3 Å². The molecule has 3 heterocycles. The molecule has 0 aromatic carbocycles. The molecule has 2 aliphatic heterocycles. The number of amides is 1. The first-order valence-corrected chi connectivity index (χ1v) is 8.20. The quantitative estimate of drug-likeness (QED) is 0.882. The van der Waals surface area contributed by atoms with E-state index in [9.17, 15) is 9.90 Å². The first kappa shape index (κ1) is 15.5. The lowest BCUT2D eigenvalue weighted by Gasteiger charge is -2.19. The normalized spacial score (nSPS) is 26.0. The Balaban J connectivity index is 1.56.